The number of carbonyl (C=O) groups excluding carboxylic acids is 2. The zero-order chi connectivity index (χ0) is 20.0. The van der Waals surface area contributed by atoms with Crippen LogP contribution in [0.25, 0.3) is 0 Å². The van der Waals surface area contributed by atoms with E-state index in [0.717, 1.165) is 4.88 Å². The van der Waals surface area contributed by atoms with Crippen LogP contribution in [0.5, 0.6) is 5.75 Å². The molecule has 0 aliphatic carbocycles. The Balaban J connectivity index is 1.85. The Labute approximate surface area is 172 Å². The zero-order valence-electron chi connectivity index (χ0n) is 15.3. The fraction of sp³-hybridized carbons (Fsp3) is 0.333. The molecule has 6 nitrogen and oxygen atoms in total. The zero-order valence-corrected chi connectivity index (χ0v) is 17.6. The molecule has 0 unspecified atom stereocenters. The van der Waals surface area contributed by atoms with Crippen LogP contribution in [0.15, 0.2) is 30.3 Å². The van der Waals surface area contributed by atoms with E-state index in [1.54, 1.807) is 48.2 Å². The maximum Gasteiger partial charge on any atom is 0.238 e. The number of thiophene rings is 1. The molecule has 1 aromatic carbocycles. The summed E-state index contributed by atoms with van der Waals surface area (Å²) in [5, 5.41) is 3.24. The molecular formula is C18H21Cl2N3O3S. The Hall–Kier alpha value is -1.80. The molecule has 1 heterocycles. The van der Waals surface area contributed by atoms with Crippen molar-refractivity contribution in [1.82, 2.24) is 9.80 Å². The number of methoxy groups -OCH3 is 1. The van der Waals surface area contributed by atoms with Crippen LogP contribution in [0.4, 0.5) is 5.69 Å². The third-order valence-corrected chi connectivity index (χ3v) is 5.15. The van der Waals surface area contributed by atoms with Gasteiger partial charge in [-0.2, -0.15) is 0 Å². The van der Waals surface area contributed by atoms with E-state index in [2.05, 4.69) is 5.32 Å². The molecule has 1 N–H and O–H groups in total. The van der Waals surface area contributed by atoms with Crippen LogP contribution in [-0.2, 0) is 16.1 Å². The van der Waals surface area contributed by atoms with E-state index >= 15 is 0 Å². The highest BCUT2D eigenvalue weighted by atomic mass is 35.5. The van der Waals surface area contributed by atoms with Crippen molar-refractivity contribution >= 4 is 52.0 Å². The van der Waals surface area contributed by atoms with Crippen molar-refractivity contribution in [3.8, 4) is 5.75 Å². The lowest BCUT2D eigenvalue weighted by atomic mass is 10.3. The number of hydrogen-bond acceptors (Lipinski definition) is 5. The second-order valence-electron chi connectivity index (χ2n) is 6.02. The highest BCUT2D eigenvalue weighted by molar-refractivity contribution is 7.16. The van der Waals surface area contributed by atoms with Crippen molar-refractivity contribution in [2.45, 2.75) is 6.54 Å². The number of anilines is 1. The highest BCUT2D eigenvalue weighted by Crippen LogP contribution is 2.27. The Bertz CT molecular complexity index is 813. The first-order valence-electron chi connectivity index (χ1n) is 8.08. The molecule has 0 spiro atoms. The van der Waals surface area contributed by atoms with Crippen LogP contribution in [-0.4, -0.2) is 55.9 Å². The summed E-state index contributed by atoms with van der Waals surface area (Å²) in [5.41, 5.74) is 0.487. The van der Waals surface area contributed by atoms with Crippen molar-refractivity contribution in [2.75, 3.05) is 39.6 Å². The van der Waals surface area contributed by atoms with E-state index in [9.17, 15) is 9.59 Å². The molecule has 146 valence electrons. The Kier molecular flexibility index (Phi) is 7.91. The number of nitrogens with zero attached hydrogens (tertiary/aromatic N) is 2. The van der Waals surface area contributed by atoms with E-state index in [1.165, 1.54) is 18.4 Å². The van der Waals surface area contributed by atoms with Crippen LogP contribution in [0.1, 0.15) is 4.88 Å². The lowest BCUT2D eigenvalue weighted by molar-refractivity contribution is -0.131. The second kappa shape index (κ2) is 9.94. The first kappa shape index (κ1) is 21.5. The number of carbonyl (C=O) groups is 2. The van der Waals surface area contributed by atoms with Crippen molar-refractivity contribution in [2.24, 2.45) is 0 Å². The van der Waals surface area contributed by atoms with Gasteiger partial charge in [0.2, 0.25) is 11.8 Å². The number of benzene rings is 1. The number of amides is 2. The molecule has 2 aromatic rings. The highest BCUT2D eigenvalue weighted by Gasteiger charge is 2.16. The van der Waals surface area contributed by atoms with Gasteiger partial charge >= 0.3 is 0 Å². The van der Waals surface area contributed by atoms with Gasteiger partial charge < -0.3 is 15.0 Å². The Morgan fingerprint density at radius 3 is 2.52 bits per heavy atom. The maximum atomic E-state index is 12.3. The van der Waals surface area contributed by atoms with Crippen LogP contribution >= 0.6 is 34.5 Å². The number of halogens is 2. The molecule has 1 aromatic heterocycles. The molecular weight excluding hydrogens is 409 g/mol. The lowest BCUT2D eigenvalue weighted by Crippen LogP contribution is -2.39. The molecule has 0 radical (unpaired) electrons. The van der Waals surface area contributed by atoms with Gasteiger partial charge in [-0.05, 0) is 37.4 Å². The maximum absolute atomic E-state index is 12.3. The summed E-state index contributed by atoms with van der Waals surface area (Å²) < 4.78 is 5.90. The lowest BCUT2D eigenvalue weighted by Gasteiger charge is -2.21. The normalized spacial score (nSPS) is 10.7. The Morgan fingerprint density at radius 2 is 1.89 bits per heavy atom. The third kappa shape index (κ3) is 6.70. The van der Waals surface area contributed by atoms with Gasteiger partial charge in [0.25, 0.3) is 0 Å². The van der Waals surface area contributed by atoms with E-state index in [4.69, 9.17) is 27.9 Å². The van der Waals surface area contributed by atoms with Gasteiger partial charge in [-0.15, -0.1) is 11.3 Å². The minimum Gasteiger partial charge on any atom is -0.495 e. The number of rotatable bonds is 8. The summed E-state index contributed by atoms with van der Waals surface area (Å²) >= 11 is 13.3. The summed E-state index contributed by atoms with van der Waals surface area (Å²) in [7, 11) is 4.95. The SMILES string of the molecule is COc1ccc(Cl)cc1NC(=O)CN(C)CC(=O)N(C)Cc1ccc(Cl)s1. The average molecular weight is 430 g/mol. The Morgan fingerprint density at radius 1 is 1.15 bits per heavy atom. The van der Waals surface area contributed by atoms with E-state index in [-0.39, 0.29) is 24.9 Å². The molecule has 0 bridgehead atoms. The molecule has 0 atom stereocenters. The minimum atomic E-state index is -0.265. The summed E-state index contributed by atoms with van der Waals surface area (Å²) in [6, 6.07) is 8.67. The van der Waals surface area contributed by atoms with Crippen LogP contribution < -0.4 is 10.1 Å². The third-order valence-electron chi connectivity index (χ3n) is 3.70. The molecule has 2 rings (SSSR count). The van der Waals surface area contributed by atoms with Crippen molar-refractivity contribution in [3.05, 3.63) is 44.6 Å². The molecule has 0 aliphatic rings. The molecule has 9 heteroatoms. The summed E-state index contributed by atoms with van der Waals surface area (Å²) in [5.74, 6) is 0.162. The van der Waals surface area contributed by atoms with Gasteiger partial charge in [-0.1, -0.05) is 23.2 Å². The summed E-state index contributed by atoms with van der Waals surface area (Å²) in [4.78, 5) is 28.9. The van der Waals surface area contributed by atoms with E-state index in [1.807, 2.05) is 6.07 Å². The molecule has 0 saturated heterocycles. The standard InChI is InChI=1S/C18H21Cl2N3O3S/c1-22(11-18(25)23(2)9-13-5-7-16(20)27-13)10-17(24)21-14-8-12(19)4-6-15(14)26-3/h4-8H,9-11H2,1-3H3,(H,21,24). The fourth-order valence-corrected chi connectivity index (χ4v) is 3.69. The van der Waals surface area contributed by atoms with Crippen molar-refractivity contribution < 1.29 is 14.3 Å². The van der Waals surface area contributed by atoms with Gasteiger partial charge in [0.15, 0.2) is 0 Å². The second-order valence-corrected chi connectivity index (χ2v) is 8.26. The van der Waals surface area contributed by atoms with E-state index in [0.29, 0.717) is 27.3 Å². The van der Waals surface area contributed by atoms with Crippen LogP contribution in [0.2, 0.25) is 9.36 Å². The number of nitrogens with one attached hydrogen (secondary N) is 1. The predicted octanol–water partition coefficient (Wildman–Crippen LogP) is 3.59. The van der Waals surface area contributed by atoms with Crippen molar-refractivity contribution in [1.29, 1.82) is 0 Å². The molecule has 0 fully saturated rings. The van der Waals surface area contributed by atoms with Crippen LogP contribution in [0.3, 0.4) is 0 Å². The predicted molar refractivity (Wildman–Crippen MR) is 110 cm³/mol. The molecule has 0 saturated carbocycles. The van der Waals surface area contributed by atoms with Crippen LogP contribution in [0, 0.1) is 0 Å². The van der Waals surface area contributed by atoms with Gasteiger partial charge in [0.1, 0.15) is 5.75 Å². The van der Waals surface area contributed by atoms with Gasteiger partial charge in [-0.3, -0.25) is 14.5 Å². The van der Waals surface area contributed by atoms with E-state index < -0.39 is 0 Å². The minimum absolute atomic E-state index is 0.0556. The summed E-state index contributed by atoms with van der Waals surface area (Å²) in [6.45, 7) is 0.658. The fourth-order valence-electron chi connectivity index (χ4n) is 2.38. The van der Waals surface area contributed by atoms with Gasteiger partial charge in [-0.25, -0.2) is 0 Å². The molecule has 2 amide bonds. The topological polar surface area (TPSA) is 61.9 Å². The number of likely N-dealkylation sites (N-methyl/N-ethyl adjacent to an activating group) is 2. The average Bonchev–Trinajstić information content (AvgIpc) is 2.99. The monoisotopic (exact) mass is 429 g/mol. The first-order valence-corrected chi connectivity index (χ1v) is 9.66. The number of hydrogen-bond donors (Lipinski definition) is 1. The summed E-state index contributed by atoms with van der Waals surface area (Å²) in [6.07, 6.45) is 0. The largest absolute Gasteiger partial charge is 0.495 e. The first-order chi connectivity index (χ1) is 12.8. The van der Waals surface area contributed by atoms with Gasteiger partial charge in [0, 0.05) is 16.9 Å². The van der Waals surface area contributed by atoms with Crippen molar-refractivity contribution in [3.63, 3.8) is 0 Å². The van der Waals surface area contributed by atoms with Gasteiger partial charge in [0.05, 0.1) is 36.8 Å². The molecule has 27 heavy (non-hydrogen) atoms. The smallest absolute Gasteiger partial charge is 0.238 e. The quantitative estimate of drug-likeness (QED) is 0.696. The number of ether oxygens (including phenoxy) is 1. The molecule has 0 aliphatic heterocycles.